The van der Waals surface area contributed by atoms with Gasteiger partial charge in [-0.15, -0.1) is 0 Å². The lowest BCUT2D eigenvalue weighted by atomic mass is 9.75. The molecule has 94 valence electrons. The summed E-state index contributed by atoms with van der Waals surface area (Å²) in [4.78, 5) is 2.47. The molecule has 0 aromatic heterocycles. The lowest BCUT2D eigenvalue weighted by Crippen LogP contribution is -2.54. The summed E-state index contributed by atoms with van der Waals surface area (Å²) in [6.07, 6.45) is 8.50. The summed E-state index contributed by atoms with van der Waals surface area (Å²) in [5, 5.41) is 3.72. The van der Waals surface area contributed by atoms with E-state index in [1.165, 1.54) is 51.6 Å². The monoisotopic (exact) mass is 224 g/mol. The summed E-state index contributed by atoms with van der Waals surface area (Å²) >= 11 is 0. The molecule has 2 saturated carbocycles. The minimum absolute atomic E-state index is 0.437. The number of likely N-dealkylation sites (N-methyl/N-ethyl adjacent to an activating group) is 1. The Kier molecular flexibility index (Phi) is 3.91. The molecule has 0 saturated heterocycles. The van der Waals surface area contributed by atoms with Gasteiger partial charge in [0.1, 0.15) is 0 Å². The lowest BCUT2D eigenvalue weighted by molar-refractivity contribution is 0.0751. The van der Waals surface area contributed by atoms with Crippen LogP contribution in [0, 0.1) is 11.8 Å². The number of hydrogen-bond acceptors (Lipinski definition) is 2. The summed E-state index contributed by atoms with van der Waals surface area (Å²) < 4.78 is 0. The summed E-state index contributed by atoms with van der Waals surface area (Å²) in [5.74, 6) is 1.90. The highest BCUT2D eigenvalue weighted by atomic mass is 15.2. The molecule has 0 aromatic rings. The van der Waals surface area contributed by atoms with E-state index in [0.717, 1.165) is 11.8 Å². The van der Waals surface area contributed by atoms with Gasteiger partial charge < -0.3 is 10.2 Å². The van der Waals surface area contributed by atoms with Crippen LogP contribution in [0.1, 0.15) is 45.4 Å². The first-order chi connectivity index (χ1) is 7.62. The van der Waals surface area contributed by atoms with Crippen molar-refractivity contribution >= 4 is 0 Å². The fourth-order valence-corrected chi connectivity index (χ4v) is 3.19. The van der Waals surface area contributed by atoms with Gasteiger partial charge in [0.15, 0.2) is 0 Å². The maximum absolute atomic E-state index is 3.72. The van der Waals surface area contributed by atoms with Crippen molar-refractivity contribution in [1.82, 2.24) is 10.2 Å². The molecule has 0 aliphatic heterocycles. The van der Waals surface area contributed by atoms with Crippen molar-refractivity contribution in [3.05, 3.63) is 0 Å². The molecular weight excluding hydrogens is 196 g/mol. The first-order valence-electron chi connectivity index (χ1n) is 7.00. The summed E-state index contributed by atoms with van der Waals surface area (Å²) in [6, 6.07) is 0. The minimum atomic E-state index is 0.437. The summed E-state index contributed by atoms with van der Waals surface area (Å²) in [7, 11) is 4.52. The van der Waals surface area contributed by atoms with Gasteiger partial charge >= 0.3 is 0 Å². The van der Waals surface area contributed by atoms with Gasteiger partial charge in [0.25, 0.3) is 0 Å². The fraction of sp³-hybridized carbons (Fsp3) is 1.00. The Bertz CT molecular complexity index is 223. The molecule has 0 amide bonds. The minimum Gasteiger partial charge on any atom is -0.315 e. The smallest absolute Gasteiger partial charge is 0.0330 e. The van der Waals surface area contributed by atoms with Gasteiger partial charge in [-0.2, -0.15) is 0 Å². The Morgan fingerprint density at radius 1 is 1.25 bits per heavy atom. The van der Waals surface area contributed by atoms with Crippen LogP contribution >= 0.6 is 0 Å². The number of rotatable bonds is 5. The Labute approximate surface area is 101 Å². The van der Waals surface area contributed by atoms with Crippen molar-refractivity contribution in [1.29, 1.82) is 0 Å². The van der Waals surface area contributed by atoms with Gasteiger partial charge in [-0.1, -0.05) is 19.8 Å². The van der Waals surface area contributed by atoms with E-state index in [2.05, 4.69) is 31.2 Å². The van der Waals surface area contributed by atoms with Crippen LogP contribution in [-0.2, 0) is 0 Å². The van der Waals surface area contributed by atoms with E-state index in [0.29, 0.717) is 5.54 Å². The maximum atomic E-state index is 3.72. The first kappa shape index (κ1) is 12.4. The molecule has 0 aromatic carbocycles. The maximum Gasteiger partial charge on any atom is 0.0330 e. The largest absolute Gasteiger partial charge is 0.315 e. The third kappa shape index (κ3) is 2.98. The molecule has 2 rings (SSSR count). The molecular formula is C14H28N2. The number of nitrogens with zero attached hydrogens (tertiary/aromatic N) is 1. The van der Waals surface area contributed by atoms with Gasteiger partial charge in [0, 0.05) is 12.1 Å². The van der Waals surface area contributed by atoms with E-state index in [1.54, 1.807) is 0 Å². The van der Waals surface area contributed by atoms with E-state index in [4.69, 9.17) is 0 Å². The fourth-order valence-electron chi connectivity index (χ4n) is 3.19. The van der Waals surface area contributed by atoms with Crippen molar-refractivity contribution in [2.45, 2.75) is 51.0 Å². The molecule has 2 aliphatic carbocycles. The molecule has 2 atom stereocenters. The molecule has 2 unspecified atom stereocenters. The van der Waals surface area contributed by atoms with Gasteiger partial charge in [-0.25, -0.2) is 0 Å². The predicted octanol–water partition coefficient (Wildman–Crippen LogP) is 2.50. The Morgan fingerprint density at radius 2 is 2.00 bits per heavy atom. The lowest BCUT2D eigenvalue weighted by Gasteiger charge is -2.45. The molecule has 2 aliphatic rings. The van der Waals surface area contributed by atoms with Gasteiger partial charge in [-0.3, -0.25) is 0 Å². The molecule has 0 bridgehead atoms. The second-order valence-electron chi connectivity index (χ2n) is 6.39. The van der Waals surface area contributed by atoms with Crippen molar-refractivity contribution in [2.24, 2.45) is 11.8 Å². The Balaban J connectivity index is 1.85. The topological polar surface area (TPSA) is 15.3 Å². The third-order valence-electron chi connectivity index (χ3n) is 4.60. The van der Waals surface area contributed by atoms with E-state index in [1.807, 2.05) is 0 Å². The standard InChI is InChI=1S/C14H28N2/c1-12-5-4-8-14(9-12,16(2)3)11-15-10-13-6-7-13/h12-13,15H,4-11H2,1-3H3. The van der Waals surface area contributed by atoms with Gasteiger partial charge in [0.2, 0.25) is 0 Å². The zero-order valence-electron chi connectivity index (χ0n) is 11.3. The van der Waals surface area contributed by atoms with Gasteiger partial charge in [-0.05, 0) is 58.2 Å². The second kappa shape index (κ2) is 5.05. The molecule has 16 heavy (non-hydrogen) atoms. The average Bonchev–Trinajstić information content (AvgIpc) is 3.01. The first-order valence-corrected chi connectivity index (χ1v) is 7.00. The molecule has 2 heteroatoms. The van der Waals surface area contributed by atoms with Crippen LogP contribution in [0.4, 0.5) is 0 Å². The zero-order chi connectivity index (χ0) is 11.6. The molecule has 2 fully saturated rings. The summed E-state index contributed by atoms with van der Waals surface area (Å²) in [5.41, 5.74) is 0.437. The second-order valence-corrected chi connectivity index (χ2v) is 6.39. The Hall–Kier alpha value is -0.0800. The van der Waals surface area contributed by atoms with Crippen LogP contribution in [-0.4, -0.2) is 37.6 Å². The number of hydrogen-bond donors (Lipinski definition) is 1. The highest BCUT2D eigenvalue weighted by molar-refractivity contribution is 4.95. The summed E-state index contributed by atoms with van der Waals surface area (Å²) in [6.45, 7) is 4.86. The van der Waals surface area contributed by atoms with E-state index < -0.39 is 0 Å². The molecule has 0 heterocycles. The molecule has 2 nitrogen and oxygen atoms in total. The van der Waals surface area contributed by atoms with E-state index >= 15 is 0 Å². The van der Waals surface area contributed by atoms with E-state index in [-0.39, 0.29) is 0 Å². The van der Waals surface area contributed by atoms with E-state index in [9.17, 15) is 0 Å². The van der Waals surface area contributed by atoms with Crippen LogP contribution in [0.3, 0.4) is 0 Å². The van der Waals surface area contributed by atoms with Crippen LogP contribution in [0.25, 0.3) is 0 Å². The van der Waals surface area contributed by atoms with Gasteiger partial charge in [0.05, 0.1) is 0 Å². The Morgan fingerprint density at radius 3 is 2.56 bits per heavy atom. The number of nitrogens with one attached hydrogen (secondary N) is 1. The molecule has 1 N–H and O–H groups in total. The highest BCUT2D eigenvalue weighted by Gasteiger charge is 2.36. The highest BCUT2D eigenvalue weighted by Crippen LogP contribution is 2.35. The SMILES string of the molecule is CC1CCCC(CNCC2CC2)(N(C)C)C1. The van der Waals surface area contributed by atoms with Crippen molar-refractivity contribution in [2.75, 3.05) is 27.2 Å². The van der Waals surface area contributed by atoms with Crippen LogP contribution in [0.15, 0.2) is 0 Å². The van der Waals surface area contributed by atoms with Crippen LogP contribution < -0.4 is 5.32 Å². The molecule has 0 spiro atoms. The zero-order valence-corrected chi connectivity index (χ0v) is 11.3. The third-order valence-corrected chi connectivity index (χ3v) is 4.60. The van der Waals surface area contributed by atoms with Crippen LogP contribution in [0.5, 0.6) is 0 Å². The average molecular weight is 224 g/mol. The predicted molar refractivity (Wildman–Crippen MR) is 69.6 cm³/mol. The van der Waals surface area contributed by atoms with Crippen molar-refractivity contribution < 1.29 is 0 Å². The normalized spacial score (nSPS) is 35.6. The van der Waals surface area contributed by atoms with Crippen molar-refractivity contribution in [3.63, 3.8) is 0 Å². The quantitative estimate of drug-likeness (QED) is 0.772. The molecule has 0 radical (unpaired) electrons. The van der Waals surface area contributed by atoms with Crippen molar-refractivity contribution in [3.8, 4) is 0 Å². The van der Waals surface area contributed by atoms with Crippen LogP contribution in [0.2, 0.25) is 0 Å².